The van der Waals surface area contributed by atoms with E-state index in [1.807, 2.05) is 24.5 Å². The van der Waals surface area contributed by atoms with Gasteiger partial charge in [0.1, 0.15) is 11.6 Å². The van der Waals surface area contributed by atoms with Gasteiger partial charge in [0.05, 0.1) is 11.0 Å². The highest BCUT2D eigenvalue weighted by molar-refractivity contribution is 7.98. The molecule has 5 rings (SSSR count). The lowest BCUT2D eigenvalue weighted by molar-refractivity contribution is -0.138. The van der Waals surface area contributed by atoms with Crippen molar-refractivity contribution in [3.63, 3.8) is 0 Å². The minimum atomic E-state index is -0.263. The monoisotopic (exact) mass is 482 g/mol. The van der Waals surface area contributed by atoms with Crippen LogP contribution in [-0.2, 0) is 11.3 Å². The number of carbonyl (C=O) groups excluding carboxylic acids is 1. The number of rotatable bonds is 5. The molecule has 0 aliphatic carbocycles. The Morgan fingerprint density at radius 2 is 1.88 bits per heavy atom. The second kappa shape index (κ2) is 9.92. The summed E-state index contributed by atoms with van der Waals surface area (Å²) in [7, 11) is 0. The van der Waals surface area contributed by atoms with Crippen LogP contribution in [0.5, 0.6) is 0 Å². The van der Waals surface area contributed by atoms with Gasteiger partial charge >= 0.3 is 0 Å². The molecule has 9 heteroatoms. The maximum absolute atomic E-state index is 13.7. The number of hydrogen-bond acceptors (Lipinski definition) is 6. The van der Waals surface area contributed by atoms with Crippen LogP contribution in [0, 0.1) is 11.7 Å². The number of imidazole rings is 1. The molecule has 180 valence electrons. The Morgan fingerprint density at radius 3 is 2.59 bits per heavy atom. The summed E-state index contributed by atoms with van der Waals surface area (Å²) in [6, 6.07) is 9.02. The van der Waals surface area contributed by atoms with Crippen LogP contribution in [0.1, 0.15) is 37.3 Å². The molecule has 0 radical (unpaired) electrons. The summed E-state index contributed by atoms with van der Waals surface area (Å²) in [5.74, 6) is 0.690. The van der Waals surface area contributed by atoms with Crippen molar-refractivity contribution in [1.29, 1.82) is 0 Å². The number of piperidine rings is 2. The minimum absolute atomic E-state index is 0.106. The number of amides is 1. The van der Waals surface area contributed by atoms with E-state index in [9.17, 15) is 9.18 Å². The van der Waals surface area contributed by atoms with E-state index in [2.05, 4.69) is 24.3 Å². The third kappa shape index (κ3) is 4.77. The van der Waals surface area contributed by atoms with Gasteiger partial charge in [0.15, 0.2) is 5.16 Å². The van der Waals surface area contributed by atoms with Crippen molar-refractivity contribution in [1.82, 2.24) is 24.3 Å². The van der Waals surface area contributed by atoms with Gasteiger partial charge < -0.3 is 15.2 Å². The van der Waals surface area contributed by atoms with Crippen LogP contribution in [0.3, 0.4) is 0 Å². The number of nitrogen functional groups attached to an aromatic ring is 1. The summed E-state index contributed by atoms with van der Waals surface area (Å²) in [6.45, 7) is 4.20. The number of likely N-dealkylation sites (tertiary alicyclic amines) is 2. The van der Waals surface area contributed by atoms with Gasteiger partial charge in [-0.25, -0.2) is 14.4 Å². The largest absolute Gasteiger partial charge is 0.384 e. The van der Waals surface area contributed by atoms with Gasteiger partial charge in [-0.1, -0.05) is 11.8 Å². The second-order valence-corrected chi connectivity index (χ2v) is 10.1. The Morgan fingerprint density at radius 1 is 1.12 bits per heavy atom. The van der Waals surface area contributed by atoms with Gasteiger partial charge in [-0.05, 0) is 74.9 Å². The van der Waals surface area contributed by atoms with E-state index in [1.54, 1.807) is 18.0 Å². The van der Waals surface area contributed by atoms with Crippen LogP contribution >= 0.6 is 11.8 Å². The summed E-state index contributed by atoms with van der Waals surface area (Å²) >= 11 is 1.59. The summed E-state index contributed by atoms with van der Waals surface area (Å²) in [6.07, 6.45) is 7.33. The first-order chi connectivity index (χ1) is 16.5. The molecule has 2 saturated heterocycles. The normalized spacial score (nSPS) is 18.6. The van der Waals surface area contributed by atoms with Gasteiger partial charge in [0.25, 0.3) is 0 Å². The van der Waals surface area contributed by atoms with Crippen LogP contribution in [0.15, 0.2) is 41.7 Å². The molecule has 2 fully saturated rings. The van der Waals surface area contributed by atoms with Crippen LogP contribution in [0.2, 0.25) is 0 Å². The van der Waals surface area contributed by atoms with Crippen molar-refractivity contribution in [3.8, 4) is 0 Å². The number of carbonyl (C=O) groups is 1. The fourth-order valence-electron chi connectivity index (χ4n) is 5.34. The lowest BCUT2D eigenvalue weighted by Gasteiger charge is -2.38. The van der Waals surface area contributed by atoms with Crippen molar-refractivity contribution in [2.45, 2.75) is 43.4 Å². The third-order valence-electron chi connectivity index (χ3n) is 7.13. The SMILES string of the molecule is CSc1nc2cc(F)ccc2n1C1CCN(C(=O)C2CCN(Cc3ccnc(N)c3)CC2)CC1. The van der Waals surface area contributed by atoms with E-state index < -0.39 is 0 Å². The Kier molecular flexibility index (Phi) is 6.74. The van der Waals surface area contributed by atoms with Crippen molar-refractivity contribution in [2.75, 3.05) is 38.2 Å². The molecule has 0 atom stereocenters. The highest BCUT2D eigenvalue weighted by Gasteiger charge is 2.32. The molecule has 0 saturated carbocycles. The molecular weight excluding hydrogens is 451 g/mol. The van der Waals surface area contributed by atoms with Gasteiger partial charge in [-0.15, -0.1) is 0 Å². The summed E-state index contributed by atoms with van der Waals surface area (Å²) in [4.78, 5) is 26.4. The smallest absolute Gasteiger partial charge is 0.225 e. The van der Waals surface area contributed by atoms with E-state index in [4.69, 9.17) is 5.73 Å². The van der Waals surface area contributed by atoms with Crippen molar-refractivity contribution < 1.29 is 9.18 Å². The Balaban J connectivity index is 1.17. The first-order valence-electron chi connectivity index (χ1n) is 11.9. The predicted octanol–water partition coefficient (Wildman–Crippen LogP) is 3.95. The molecule has 1 amide bonds. The molecule has 34 heavy (non-hydrogen) atoms. The molecule has 3 aromatic rings. The molecule has 2 aliphatic heterocycles. The van der Waals surface area contributed by atoms with E-state index in [1.165, 1.54) is 17.7 Å². The number of anilines is 1. The average Bonchev–Trinajstić information content (AvgIpc) is 3.22. The number of hydrogen-bond donors (Lipinski definition) is 1. The Labute approximate surface area is 203 Å². The molecule has 2 aliphatic rings. The Bertz CT molecular complexity index is 1170. The number of halogens is 1. The van der Waals surface area contributed by atoms with E-state index in [0.717, 1.165) is 69.1 Å². The van der Waals surface area contributed by atoms with Crippen molar-refractivity contribution in [2.24, 2.45) is 5.92 Å². The number of thioether (sulfide) groups is 1. The summed E-state index contributed by atoms with van der Waals surface area (Å²) < 4.78 is 15.9. The minimum Gasteiger partial charge on any atom is -0.384 e. The fourth-order valence-corrected chi connectivity index (χ4v) is 5.97. The van der Waals surface area contributed by atoms with Gasteiger partial charge in [0.2, 0.25) is 5.91 Å². The van der Waals surface area contributed by atoms with Crippen LogP contribution in [0.4, 0.5) is 10.2 Å². The molecule has 0 bridgehead atoms. The van der Waals surface area contributed by atoms with Gasteiger partial charge in [-0.2, -0.15) is 0 Å². The zero-order valence-electron chi connectivity index (χ0n) is 19.5. The highest BCUT2D eigenvalue weighted by atomic mass is 32.2. The van der Waals surface area contributed by atoms with Crippen molar-refractivity contribution >= 4 is 34.5 Å². The van der Waals surface area contributed by atoms with Gasteiger partial charge in [0, 0.05) is 43.9 Å². The lowest BCUT2D eigenvalue weighted by Crippen LogP contribution is -2.45. The number of nitrogens with two attached hydrogens (primary N) is 1. The number of fused-ring (bicyclic) bond motifs is 1. The standard InChI is InChI=1S/C25H31FN6OS/c1-34-25-29-21-15-19(26)2-3-22(21)32(25)20-7-12-31(13-8-20)24(33)18-5-10-30(11-6-18)16-17-4-9-28-23(27)14-17/h2-4,9,14-15,18,20H,5-8,10-13,16H2,1H3,(H2,27,28). The first kappa shape index (κ1) is 23.1. The maximum atomic E-state index is 13.7. The lowest BCUT2D eigenvalue weighted by atomic mass is 9.93. The molecule has 1 aromatic carbocycles. The van der Waals surface area contributed by atoms with Crippen LogP contribution in [-0.4, -0.2) is 62.7 Å². The number of aromatic nitrogens is 3. The number of benzene rings is 1. The maximum Gasteiger partial charge on any atom is 0.225 e. The molecule has 4 heterocycles. The summed E-state index contributed by atoms with van der Waals surface area (Å²) in [5.41, 5.74) is 8.63. The second-order valence-electron chi connectivity index (χ2n) is 9.30. The van der Waals surface area contributed by atoms with Crippen LogP contribution in [0.25, 0.3) is 11.0 Å². The van der Waals surface area contributed by atoms with E-state index in [-0.39, 0.29) is 17.8 Å². The Hall–Kier alpha value is -2.65. The number of pyridine rings is 1. The molecule has 7 nitrogen and oxygen atoms in total. The molecule has 2 aromatic heterocycles. The van der Waals surface area contributed by atoms with Crippen LogP contribution < -0.4 is 5.73 Å². The zero-order valence-corrected chi connectivity index (χ0v) is 20.3. The topological polar surface area (TPSA) is 80.3 Å². The van der Waals surface area contributed by atoms with E-state index >= 15 is 0 Å². The molecule has 0 spiro atoms. The third-order valence-corrected chi connectivity index (χ3v) is 7.78. The van der Waals surface area contributed by atoms with Crippen molar-refractivity contribution in [3.05, 3.63) is 47.9 Å². The molecule has 2 N–H and O–H groups in total. The molecular formula is C25H31FN6OS. The summed E-state index contributed by atoms with van der Waals surface area (Å²) in [5, 5.41) is 0.911. The number of nitrogens with zero attached hydrogens (tertiary/aromatic N) is 5. The highest BCUT2D eigenvalue weighted by Crippen LogP contribution is 2.33. The van der Waals surface area contributed by atoms with E-state index in [0.29, 0.717) is 17.2 Å². The molecule has 0 unspecified atom stereocenters. The average molecular weight is 483 g/mol. The fraction of sp³-hybridized carbons (Fsp3) is 0.480. The zero-order chi connectivity index (χ0) is 23.7. The predicted molar refractivity (Wildman–Crippen MR) is 133 cm³/mol. The van der Waals surface area contributed by atoms with Gasteiger partial charge in [-0.3, -0.25) is 9.69 Å². The first-order valence-corrected chi connectivity index (χ1v) is 13.2. The quantitative estimate of drug-likeness (QED) is 0.555.